The molecule has 32 heavy (non-hydrogen) atoms. The molecule has 0 spiro atoms. The zero-order valence-electron chi connectivity index (χ0n) is 17.9. The van der Waals surface area contributed by atoms with Crippen LogP contribution in [0.25, 0.3) is 11.3 Å². The third kappa shape index (κ3) is 5.03. The van der Waals surface area contributed by atoms with E-state index >= 15 is 0 Å². The van der Waals surface area contributed by atoms with Crippen LogP contribution in [-0.4, -0.2) is 33.0 Å². The number of hydrogen-bond donors (Lipinski definition) is 2. The number of nitrogens with one attached hydrogen (secondary N) is 1. The number of aromatic nitrogens is 2. The van der Waals surface area contributed by atoms with E-state index in [-0.39, 0.29) is 23.6 Å². The van der Waals surface area contributed by atoms with Crippen LogP contribution < -0.4 is 10.1 Å². The van der Waals surface area contributed by atoms with Gasteiger partial charge in [0.15, 0.2) is 0 Å². The van der Waals surface area contributed by atoms with Crippen LogP contribution in [0.15, 0.2) is 43.1 Å². The summed E-state index contributed by atoms with van der Waals surface area (Å²) in [6.07, 6.45) is 4.25. The van der Waals surface area contributed by atoms with Crippen molar-refractivity contribution in [3.05, 3.63) is 64.3 Å². The van der Waals surface area contributed by atoms with E-state index in [9.17, 15) is 14.7 Å². The second-order valence-electron chi connectivity index (χ2n) is 6.99. The largest absolute Gasteiger partial charge is 0.497 e. The molecule has 3 rings (SSSR count). The Balaban J connectivity index is 1.71. The molecule has 2 N–H and O–H groups in total. The lowest BCUT2D eigenvalue weighted by Crippen LogP contribution is -2.14. The van der Waals surface area contributed by atoms with E-state index in [4.69, 9.17) is 16.3 Å². The second kappa shape index (κ2) is 10.5. The number of anilines is 1. The zero-order chi connectivity index (χ0) is 23.3. The quantitative estimate of drug-likeness (QED) is 0.390. The Hall–Kier alpha value is -3.10. The van der Waals surface area contributed by atoms with Gasteiger partial charge in [-0.1, -0.05) is 17.7 Å². The minimum atomic E-state index is -1.08. The maximum absolute atomic E-state index is 12.6. The molecule has 0 radical (unpaired) electrons. The van der Waals surface area contributed by atoms with Gasteiger partial charge in [0.05, 0.1) is 17.8 Å². The number of allylic oxidation sites excluding steroid dienone is 1. The number of carbonyl (C=O) groups is 2. The molecular formula is C23H24ClN3O4S. The van der Waals surface area contributed by atoms with Crippen LogP contribution in [0.1, 0.15) is 34.3 Å². The van der Waals surface area contributed by atoms with E-state index in [1.165, 1.54) is 11.5 Å². The monoisotopic (exact) mass is 473 g/mol. The fourth-order valence-electron chi connectivity index (χ4n) is 3.41. The lowest BCUT2D eigenvalue weighted by atomic mass is 10.1. The number of aryl methyl sites for hydroxylation is 2. The van der Waals surface area contributed by atoms with Gasteiger partial charge in [-0.3, -0.25) is 4.79 Å². The number of hydrogen-bond acceptors (Lipinski definition) is 5. The molecule has 0 saturated carbocycles. The van der Waals surface area contributed by atoms with Crippen molar-refractivity contribution < 1.29 is 19.4 Å². The number of halogens is 1. The van der Waals surface area contributed by atoms with Crippen LogP contribution in [0.4, 0.5) is 5.69 Å². The molecule has 1 amide bonds. The number of carboxylic acid groups (broad SMARTS) is 1. The number of rotatable bonds is 10. The summed E-state index contributed by atoms with van der Waals surface area (Å²) in [5, 5.41) is 12.9. The van der Waals surface area contributed by atoms with Gasteiger partial charge in [-0.15, -0.1) is 6.58 Å². The SMILES string of the molecule is C=CCc1c(C(=O)O)c(NC(=O)CCc2snc(-c3ccc(OC)cc3)c2Cl)cn1CC. The van der Waals surface area contributed by atoms with Crippen LogP contribution in [0.5, 0.6) is 5.75 Å². The van der Waals surface area contributed by atoms with Crippen molar-refractivity contribution in [3.8, 4) is 17.0 Å². The van der Waals surface area contributed by atoms with Crippen molar-refractivity contribution in [1.82, 2.24) is 8.94 Å². The highest BCUT2D eigenvalue weighted by atomic mass is 35.5. The molecule has 168 valence electrons. The number of nitrogens with zero attached hydrogens (tertiary/aromatic N) is 2. The summed E-state index contributed by atoms with van der Waals surface area (Å²) in [6.45, 7) is 6.19. The van der Waals surface area contributed by atoms with Gasteiger partial charge in [0.25, 0.3) is 0 Å². The maximum Gasteiger partial charge on any atom is 0.339 e. The van der Waals surface area contributed by atoms with E-state index in [0.29, 0.717) is 35.8 Å². The van der Waals surface area contributed by atoms with E-state index in [1.54, 1.807) is 19.4 Å². The summed E-state index contributed by atoms with van der Waals surface area (Å²) in [5.74, 6) is -0.633. The number of carbonyl (C=O) groups excluding carboxylic acids is 1. The van der Waals surface area contributed by atoms with Crippen LogP contribution in [0.3, 0.4) is 0 Å². The highest BCUT2D eigenvalue weighted by molar-refractivity contribution is 7.06. The second-order valence-corrected chi connectivity index (χ2v) is 8.23. The molecule has 2 aromatic heterocycles. The van der Waals surface area contributed by atoms with Crippen LogP contribution in [-0.2, 0) is 24.2 Å². The molecule has 0 atom stereocenters. The van der Waals surface area contributed by atoms with E-state index in [2.05, 4.69) is 16.3 Å². The minimum Gasteiger partial charge on any atom is -0.497 e. The van der Waals surface area contributed by atoms with Crippen LogP contribution in [0, 0.1) is 0 Å². The van der Waals surface area contributed by atoms with Crippen molar-refractivity contribution in [2.24, 2.45) is 0 Å². The number of methoxy groups -OCH3 is 1. The average molecular weight is 474 g/mol. The van der Waals surface area contributed by atoms with Crippen LogP contribution >= 0.6 is 23.1 Å². The van der Waals surface area contributed by atoms with Crippen molar-refractivity contribution in [2.75, 3.05) is 12.4 Å². The predicted molar refractivity (Wildman–Crippen MR) is 127 cm³/mol. The summed E-state index contributed by atoms with van der Waals surface area (Å²) < 4.78 is 11.4. The normalized spacial score (nSPS) is 10.7. The lowest BCUT2D eigenvalue weighted by Gasteiger charge is -2.06. The highest BCUT2D eigenvalue weighted by Crippen LogP contribution is 2.34. The van der Waals surface area contributed by atoms with Gasteiger partial charge in [0.1, 0.15) is 17.0 Å². The van der Waals surface area contributed by atoms with Gasteiger partial charge in [-0.25, -0.2) is 4.79 Å². The molecule has 0 aliphatic carbocycles. The third-order valence-corrected chi connectivity index (χ3v) is 6.42. The fourth-order valence-corrected chi connectivity index (χ4v) is 4.57. The summed E-state index contributed by atoms with van der Waals surface area (Å²) in [5.41, 5.74) is 2.52. The standard InChI is InChI=1S/C23H24ClN3O4S/c1-4-6-17-20(23(29)30)16(13-27(17)5-2)25-19(28)12-11-18-21(24)22(26-32-18)14-7-9-15(31-3)10-8-14/h4,7-10,13H,1,5-6,11-12H2,2-3H3,(H,25,28)(H,29,30). The number of amides is 1. The van der Waals surface area contributed by atoms with Crippen molar-refractivity contribution in [3.63, 3.8) is 0 Å². The Bertz CT molecular complexity index is 1140. The third-order valence-electron chi connectivity index (χ3n) is 5.00. The highest BCUT2D eigenvalue weighted by Gasteiger charge is 2.22. The van der Waals surface area contributed by atoms with Crippen molar-refractivity contribution in [1.29, 1.82) is 0 Å². The van der Waals surface area contributed by atoms with E-state index < -0.39 is 5.97 Å². The summed E-state index contributed by atoms with van der Waals surface area (Å²) in [7, 11) is 1.60. The molecule has 0 unspecified atom stereocenters. The number of carboxylic acids is 1. The smallest absolute Gasteiger partial charge is 0.339 e. The summed E-state index contributed by atoms with van der Waals surface area (Å²) >= 11 is 7.77. The van der Waals surface area contributed by atoms with E-state index in [0.717, 1.165) is 16.2 Å². The van der Waals surface area contributed by atoms with Gasteiger partial charge >= 0.3 is 5.97 Å². The van der Waals surface area contributed by atoms with Gasteiger partial charge < -0.3 is 19.7 Å². The topological polar surface area (TPSA) is 93.5 Å². The van der Waals surface area contributed by atoms with Gasteiger partial charge in [0, 0.05) is 41.7 Å². The Morgan fingerprint density at radius 3 is 2.66 bits per heavy atom. The molecule has 2 heterocycles. The molecule has 0 bridgehead atoms. The minimum absolute atomic E-state index is 0.0951. The Labute approximate surface area is 195 Å². The molecule has 7 nitrogen and oxygen atoms in total. The predicted octanol–water partition coefficient (Wildman–Crippen LogP) is 5.29. The molecule has 3 aromatic rings. The number of aromatic carboxylic acids is 1. The van der Waals surface area contributed by atoms with Gasteiger partial charge in [-0.05, 0) is 49.1 Å². The molecule has 9 heteroatoms. The first-order valence-electron chi connectivity index (χ1n) is 10.0. The van der Waals surface area contributed by atoms with Crippen molar-refractivity contribution >= 4 is 40.7 Å². The van der Waals surface area contributed by atoms with Crippen LogP contribution in [0.2, 0.25) is 5.02 Å². The Morgan fingerprint density at radius 2 is 2.06 bits per heavy atom. The fraction of sp³-hybridized carbons (Fsp3) is 0.261. The van der Waals surface area contributed by atoms with Gasteiger partial charge in [0.2, 0.25) is 5.91 Å². The zero-order valence-corrected chi connectivity index (χ0v) is 19.4. The molecular weight excluding hydrogens is 450 g/mol. The first-order chi connectivity index (χ1) is 15.4. The summed E-state index contributed by atoms with van der Waals surface area (Å²) in [6, 6.07) is 7.42. The average Bonchev–Trinajstić information content (AvgIpc) is 3.32. The molecule has 0 fully saturated rings. The van der Waals surface area contributed by atoms with Crippen molar-refractivity contribution in [2.45, 2.75) is 32.7 Å². The van der Waals surface area contributed by atoms with E-state index in [1.807, 2.05) is 35.8 Å². The Kier molecular flexibility index (Phi) is 7.71. The number of ether oxygens (including phenoxy) is 1. The molecule has 0 saturated heterocycles. The summed E-state index contributed by atoms with van der Waals surface area (Å²) in [4.78, 5) is 25.2. The molecule has 1 aromatic carbocycles. The van der Waals surface area contributed by atoms with Gasteiger partial charge in [-0.2, -0.15) is 4.37 Å². The first-order valence-corrected chi connectivity index (χ1v) is 11.2. The number of benzene rings is 1. The molecule has 0 aliphatic heterocycles. The lowest BCUT2D eigenvalue weighted by molar-refractivity contribution is -0.116. The first kappa shape index (κ1) is 23.6. The molecule has 0 aliphatic rings. The maximum atomic E-state index is 12.6. The Morgan fingerprint density at radius 1 is 1.34 bits per heavy atom.